The Morgan fingerprint density at radius 2 is 1.83 bits per heavy atom. The Bertz CT molecular complexity index is 1110. The Balaban J connectivity index is 1.29. The third kappa shape index (κ3) is 4.83. The van der Waals surface area contributed by atoms with Crippen LogP contribution in [0.15, 0.2) is 72.8 Å². The molecule has 1 heterocycles. The molecule has 4 aromatic rings. The average Bonchev–Trinajstić information content (AvgIpc) is 3.14. The summed E-state index contributed by atoms with van der Waals surface area (Å²) in [4.78, 5) is 18.7. The van der Waals surface area contributed by atoms with Crippen molar-refractivity contribution in [2.45, 2.75) is 6.61 Å². The molecule has 0 aliphatic carbocycles. The predicted octanol–water partition coefficient (Wildman–Crippen LogP) is 3.73. The van der Waals surface area contributed by atoms with Crippen molar-refractivity contribution in [3.05, 3.63) is 83.4 Å². The van der Waals surface area contributed by atoms with Crippen LogP contribution in [0.4, 0.5) is 5.69 Å². The second-order valence-electron chi connectivity index (χ2n) is 6.22. The summed E-state index contributed by atoms with van der Waals surface area (Å²) in [6.07, 6.45) is 0. The molecule has 0 saturated carbocycles. The zero-order valence-electron chi connectivity index (χ0n) is 15.3. The normalized spacial score (nSPS) is 10.7. The van der Waals surface area contributed by atoms with Gasteiger partial charge in [0.15, 0.2) is 6.61 Å². The fourth-order valence-corrected chi connectivity index (χ4v) is 2.83. The summed E-state index contributed by atoms with van der Waals surface area (Å²) in [5, 5.41) is 11.1. The first kappa shape index (κ1) is 18.8. The number of amides is 1. The molecule has 0 atom stereocenters. The molecule has 1 N–H and O–H groups in total. The Kier molecular flexibility index (Phi) is 5.58. The summed E-state index contributed by atoms with van der Waals surface area (Å²) >= 11 is 5.97. The van der Waals surface area contributed by atoms with Crippen LogP contribution < -0.4 is 14.9 Å². The molecule has 7 nitrogen and oxygen atoms in total. The number of halogens is 1. The lowest BCUT2D eigenvalue weighted by Crippen LogP contribution is -2.26. The molecule has 1 aromatic heterocycles. The molecule has 146 valence electrons. The predicted molar refractivity (Wildman–Crippen MR) is 110 cm³/mol. The highest BCUT2D eigenvalue weighted by molar-refractivity contribution is 6.31. The Hall–Kier alpha value is -3.58. The number of nitrogens with one attached hydrogen (secondary N) is 1. The molecule has 3 aromatic carbocycles. The molecule has 0 aliphatic rings. The summed E-state index contributed by atoms with van der Waals surface area (Å²) < 4.78 is 5.73. The second-order valence-corrected chi connectivity index (χ2v) is 6.65. The van der Waals surface area contributed by atoms with Crippen LogP contribution in [0.25, 0.3) is 11.0 Å². The van der Waals surface area contributed by atoms with Crippen molar-refractivity contribution in [3.63, 3.8) is 0 Å². The van der Waals surface area contributed by atoms with Crippen molar-refractivity contribution < 1.29 is 14.4 Å². The number of carbonyl (C=O) groups is 1. The van der Waals surface area contributed by atoms with Crippen LogP contribution in [0.1, 0.15) is 5.56 Å². The van der Waals surface area contributed by atoms with E-state index >= 15 is 0 Å². The van der Waals surface area contributed by atoms with E-state index in [4.69, 9.17) is 21.2 Å². The molecule has 4 rings (SSSR count). The maximum Gasteiger partial charge on any atom is 0.265 e. The van der Waals surface area contributed by atoms with Crippen molar-refractivity contribution in [1.29, 1.82) is 0 Å². The van der Waals surface area contributed by atoms with Crippen LogP contribution >= 0.6 is 11.6 Å². The number of hydrogen-bond donors (Lipinski definition) is 1. The van der Waals surface area contributed by atoms with Gasteiger partial charge in [0.05, 0.1) is 0 Å². The standard InChI is InChI=1S/C21H17ClN4O3/c22-16-6-11-19-20(12-16)26(25-24-19)29-14-21(27)23-17-7-9-18(10-8-17)28-13-15-4-2-1-3-5-15/h1-12H,13-14H2,(H,23,27). The molecule has 0 spiro atoms. The molecule has 0 aliphatic heterocycles. The van der Waals surface area contributed by atoms with E-state index in [1.165, 1.54) is 4.85 Å². The van der Waals surface area contributed by atoms with Gasteiger partial charge in [-0.1, -0.05) is 46.8 Å². The van der Waals surface area contributed by atoms with Crippen LogP contribution in [0.5, 0.6) is 5.75 Å². The molecule has 0 bridgehead atoms. The van der Waals surface area contributed by atoms with Gasteiger partial charge in [0.2, 0.25) is 0 Å². The number of hydrogen-bond acceptors (Lipinski definition) is 5. The molecule has 0 unspecified atom stereocenters. The van der Waals surface area contributed by atoms with E-state index in [2.05, 4.69) is 15.6 Å². The molecule has 0 radical (unpaired) electrons. The number of carbonyl (C=O) groups excluding carboxylic acids is 1. The number of fused-ring (bicyclic) bond motifs is 1. The summed E-state index contributed by atoms with van der Waals surface area (Å²) in [5.41, 5.74) is 2.94. The fourth-order valence-electron chi connectivity index (χ4n) is 2.66. The van der Waals surface area contributed by atoms with Crippen molar-refractivity contribution in [2.24, 2.45) is 0 Å². The third-order valence-electron chi connectivity index (χ3n) is 4.08. The molecular formula is C21H17ClN4O3. The number of rotatable bonds is 7. The van der Waals surface area contributed by atoms with Crippen molar-refractivity contribution in [1.82, 2.24) is 15.2 Å². The highest BCUT2D eigenvalue weighted by Crippen LogP contribution is 2.18. The van der Waals surface area contributed by atoms with Crippen LogP contribution in [-0.4, -0.2) is 27.7 Å². The van der Waals surface area contributed by atoms with Gasteiger partial charge in [0.1, 0.15) is 23.4 Å². The molecule has 0 fully saturated rings. The lowest BCUT2D eigenvalue weighted by Gasteiger charge is -2.09. The topological polar surface area (TPSA) is 78.3 Å². The first-order valence-corrected chi connectivity index (χ1v) is 9.26. The van der Waals surface area contributed by atoms with Gasteiger partial charge in [-0.3, -0.25) is 4.79 Å². The van der Waals surface area contributed by atoms with E-state index in [1.807, 2.05) is 30.3 Å². The highest BCUT2D eigenvalue weighted by atomic mass is 35.5. The van der Waals surface area contributed by atoms with Crippen LogP contribution in [0.2, 0.25) is 5.02 Å². The maximum absolute atomic E-state index is 12.2. The number of aromatic nitrogens is 3. The minimum Gasteiger partial charge on any atom is -0.489 e. The van der Waals surface area contributed by atoms with Gasteiger partial charge < -0.3 is 14.9 Å². The Morgan fingerprint density at radius 3 is 2.62 bits per heavy atom. The lowest BCUT2D eigenvalue weighted by molar-refractivity contribution is -0.121. The molecule has 1 amide bonds. The summed E-state index contributed by atoms with van der Waals surface area (Å²) in [6, 6.07) is 22.1. The average molecular weight is 409 g/mol. The monoisotopic (exact) mass is 408 g/mol. The summed E-state index contributed by atoms with van der Waals surface area (Å²) in [6.45, 7) is 0.257. The van der Waals surface area contributed by atoms with Gasteiger partial charge in [-0.25, -0.2) is 0 Å². The van der Waals surface area contributed by atoms with E-state index in [1.54, 1.807) is 42.5 Å². The molecule has 29 heavy (non-hydrogen) atoms. The van der Waals surface area contributed by atoms with E-state index in [0.717, 1.165) is 5.56 Å². The number of ether oxygens (including phenoxy) is 1. The quantitative estimate of drug-likeness (QED) is 0.504. The largest absolute Gasteiger partial charge is 0.489 e. The van der Waals surface area contributed by atoms with Gasteiger partial charge in [-0.15, -0.1) is 5.10 Å². The van der Waals surface area contributed by atoms with E-state index in [9.17, 15) is 4.79 Å². The molecule has 8 heteroatoms. The van der Waals surface area contributed by atoms with Gasteiger partial charge in [-0.05, 0) is 53.2 Å². The van der Waals surface area contributed by atoms with Crippen molar-refractivity contribution >= 4 is 34.2 Å². The number of nitrogens with zero attached hydrogens (tertiary/aromatic N) is 3. The summed E-state index contributed by atoms with van der Waals surface area (Å²) in [7, 11) is 0. The maximum atomic E-state index is 12.2. The zero-order chi connectivity index (χ0) is 20.1. The number of anilines is 1. The zero-order valence-corrected chi connectivity index (χ0v) is 16.0. The highest BCUT2D eigenvalue weighted by Gasteiger charge is 2.09. The van der Waals surface area contributed by atoms with Crippen LogP contribution in [0, 0.1) is 0 Å². The lowest BCUT2D eigenvalue weighted by atomic mass is 10.2. The van der Waals surface area contributed by atoms with Crippen molar-refractivity contribution in [2.75, 3.05) is 11.9 Å². The van der Waals surface area contributed by atoms with Crippen LogP contribution in [-0.2, 0) is 11.4 Å². The fraction of sp³-hybridized carbons (Fsp3) is 0.0952. The molecule has 0 saturated heterocycles. The van der Waals surface area contributed by atoms with E-state index < -0.39 is 0 Å². The van der Waals surface area contributed by atoms with Gasteiger partial charge in [0.25, 0.3) is 5.91 Å². The van der Waals surface area contributed by atoms with Gasteiger partial charge in [0, 0.05) is 10.7 Å². The smallest absolute Gasteiger partial charge is 0.265 e. The first-order chi connectivity index (χ1) is 14.2. The van der Waals surface area contributed by atoms with Gasteiger partial charge >= 0.3 is 0 Å². The Morgan fingerprint density at radius 1 is 1.03 bits per heavy atom. The molecular weight excluding hydrogens is 392 g/mol. The minimum atomic E-state index is -0.325. The second kappa shape index (κ2) is 8.62. The van der Waals surface area contributed by atoms with Crippen molar-refractivity contribution in [3.8, 4) is 5.75 Å². The number of benzene rings is 3. The van der Waals surface area contributed by atoms with E-state index in [-0.39, 0.29) is 12.5 Å². The third-order valence-corrected chi connectivity index (χ3v) is 4.32. The van der Waals surface area contributed by atoms with Crippen LogP contribution in [0.3, 0.4) is 0 Å². The van der Waals surface area contributed by atoms with E-state index in [0.29, 0.717) is 34.1 Å². The SMILES string of the molecule is O=C(COn1nnc2ccc(Cl)cc21)Nc1ccc(OCc2ccccc2)cc1. The minimum absolute atomic E-state index is 0.225. The Labute approximate surface area is 171 Å². The summed E-state index contributed by atoms with van der Waals surface area (Å²) in [5.74, 6) is 0.391. The first-order valence-electron chi connectivity index (χ1n) is 8.88. The van der Waals surface area contributed by atoms with Gasteiger partial charge in [-0.2, -0.15) is 0 Å².